The molecular formula is C11H12Cl2INO. The standard InChI is InChI=1S/C11H12Cl2INO/c1-11(2,6-12)10(16)15-9-4-3-7(13)5-8(9)14/h3-5H,6H2,1-2H3,(H,15,16). The molecule has 1 aromatic rings. The Morgan fingerprint density at radius 2 is 2.12 bits per heavy atom. The first kappa shape index (κ1) is 14.1. The summed E-state index contributed by atoms with van der Waals surface area (Å²) in [4.78, 5) is 11.9. The van der Waals surface area contributed by atoms with Crippen molar-refractivity contribution in [3.63, 3.8) is 0 Å². The lowest BCUT2D eigenvalue weighted by molar-refractivity contribution is -0.122. The second-order valence-corrected chi connectivity index (χ2v) is 5.96. The van der Waals surface area contributed by atoms with Gasteiger partial charge in [0.05, 0.1) is 11.1 Å². The highest BCUT2D eigenvalue weighted by Gasteiger charge is 2.26. The van der Waals surface area contributed by atoms with E-state index in [2.05, 4.69) is 27.9 Å². The Morgan fingerprint density at radius 1 is 1.50 bits per heavy atom. The van der Waals surface area contributed by atoms with Crippen molar-refractivity contribution >= 4 is 57.4 Å². The molecule has 1 aromatic carbocycles. The summed E-state index contributed by atoms with van der Waals surface area (Å²) in [6.07, 6.45) is 0. The van der Waals surface area contributed by atoms with E-state index in [4.69, 9.17) is 23.2 Å². The number of alkyl halides is 1. The van der Waals surface area contributed by atoms with Gasteiger partial charge < -0.3 is 5.32 Å². The molecule has 0 fully saturated rings. The quantitative estimate of drug-likeness (QED) is 0.627. The van der Waals surface area contributed by atoms with Gasteiger partial charge in [0.2, 0.25) is 5.91 Å². The van der Waals surface area contributed by atoms with Gasteiger partial charge in [-0.2, -0.15) is 0 Å². The molecule has 1 amide bonds. The Kier molecular flexibility index (Phi) is 4.88. The molecule has 0 saturated heterocycles. The maximum atomic E-state index is 11.9. The molecule has 0 aliphatic rings. The molecule has 88 valence electrons. The Labute approximate surface area is 119 Å². The summed E-state index contributed by atoms with van der Waals surface area (Å²) < 4.78 is 0.906. The van der Waals surface area contributed by atoms with Gasteiger partial charge in [-0.1, -0.05) is 11.6 Å². The number of amides is 1. The van der Waals surface area contributed by atoms with Crippen LogP contribution in [0.1, 0.15) is 13.8 Å². The number of carbonyl (C=O) groups is 1. The number of hydrogen-bond donors (Lipinski definition) is 1. The SMILES string of the molecule is CC(C)(CCl)C(=O)Nc1ccc(Cl)cc1I. The molecule has 0 spiro atoms. The molecule has 0 bridgehead atoms. The van der Waals surface area contributed by atoms with Crippen molar-refractivity contribution in [3.05, 3.63) is 26.8 Å². The van der Waals surface area contributed by atoms with Crippen LogP contribution in [0.3, 0.4) is 0 Å². The number of nitrogens with one attached hydrogen (secondary N) is 1. The zero-order valence-corrected chi connectivity index (χ0v) is 12.7. The summed E-state index contributed by atoms with van der Waals surface area (Å²) in [6.45, 7) is 3.61. The topological polar surface area (TPSA) is 29.1 Å². The smallest absolute Gasteiger partial charge is 0.231 e. The molecule has 0 saturated carbocycles. The minimum atomic E-state index is -0.579. The van der Waals surface area contributed by atoms with E-state index in [9.17, 15) is 4.79 Å². The highest BCUT2D eigenvalue weighted by Crippen LogP contribution is 2.25. The van der Waals surface area contributed by atoms with E-state index in [0.29, 0.717) is 5.02 Å². The second kappa shape index (κ2) is 5.56. The van der Waals surface area contributed by atoms with Crippen LogP contribution in [0.4, 0.5) is 5.69 Å². The van der Waals surface area contributed by atoms with Crippen LogP contribution in [0.2, 0.25) is 5.02 Å². The van der Waals surface area contributed by atoms with Gasteiger partial charge in [0.15, 0.2) is 0 Å². The number of benzene rings is 1. The molecule has 1 N–H and O–H groups in total. The first-order valence-electron chi connectivity index (χ1n) is 4.69. The summed E-state index contributed by atoms with van der Waals surface area (Å²) in [5, 5.41) is 3.49. The molecule has 0 aliphatic carbocycles. The van der Waals surface area contributed by atoms with Gasteiger partial charge in [0.1, 0.15) is 0 Å². The Balaban J connectivity index is 2.85. The lowest BCUT2D eigenvalue weighted by Gasteiger charge is -2.20. The maximum absolute atomic E-state index is 11.9. The van der Waals surface area contributed by atoms with Crippen molar-refractivity contribution in [1.82, 2.24) is 0 Å². The van der Waals surface area contributed by atoms with Crippen molar-refractivity contribution in [2.24, 2.45) is 5.41 Å². The van der Waals surface area contributed by atoms with Gasteiger partial charge >= 0.3 is 0 Å². The normalized spacial score (nSPS) is 11.3. The molecule has 1 rings (SSSR count). The summed E-state index contributed by atoms with van der Waals surface area (Å²) in [6, 6.07) is 5.32. The van der Waals surface area contributed by atoms with Crippen LogP contribution in [0, 0.1) is 8.99 Å². The van der Waals surface area contributed by atoms with E-state index >= 15 is 0 Å². The lowest BCUT2D eigenvalue weighted by Crippen LogP contribution is -2.32. The van der Waals surface area contributed by atoms with Crippen LogP contribution in [0.5, 0.6) is 0 Å². The maximum Gasteiger partial charge on any atom is 0.231 e. The number of anilines is 1. The van der Waals surface area contributed by atoms with Crippen molar-refractivity contribution in [2.75, 3.05) is 11.2 Å². The molecular weight excluding hydrogens is 360 g/mol. The largest absolute Gasteiger partial charge is 0.325 e. The molecule has 0 unspecified atom stereocenters. The summed E-state index contributed by atoms with van der Waals surface area (Å²) in [5.41, 5.74) is 0.178. The predicted octanol–water partition coefficient (Wildman–Crippen LogP) is 4.15. The Bertz CT molecular complexity index is 407. The third-order valence-electron chi connectivity index (χ3n) is 2.13. The number of halogens is 3. The van der Waals surface area contributed by atoms with Gasteiger partial charge in [0, 0.05) is 14.5 Å². The third-order valence-corrected chi connectivity index (χ3v) is 3.92. The van der Waals surface area contributed by atoms with E-state index in [0.717, 1.165) is 9.26 Å². The van der Waals surface area contributed by atoms with Gasteiger partial charge in [-0.15, -0.1) is 11.6 Å². The fourth-order valence-electron chi connectivity index (χ4n) is 0.943. The van der Waals surface area contributed by atoms with Crippen LogP contribution < -0.4 is 5.32 Å². The average molecular weight is 372 g/mol. The lowest BCUT2D eigenvalue weighted by atomic mass is 9.95. The van der Waals surface area contributed by atoms with E-state index in [-0.39, 0.29) is 11.8 Å². The monoisotopic (exact) mass is 371 g/mol. The zero-order valence-electron chi connectivity index (χ0n) is 8.98. The summed E-state index contributed by atoms with van der Waals surface area (Å²) in [5.74, 6) is 0.186. The van der Waals surface area contributed by atoms with Crippen LogP contribution in [-0.2, 0) is 4.79 Å². The van der Waals surface area contributed by atoms with Crippen LogP contribution in [-0.4, -0.2) is 11.8 Å². The van der Waals surface area contributed by atoms with Crippen LogP contribution in [0.25, 0.3) is 0 Å². The number of hydrogen-bond acceptors (Lipinski definition) is 1. The molecule has 0 aliphatic heterocycles. The Hall–Kier alpha value is -0.000000000000000111. The van der Waals surface area contributed by atoms with E-state index in [1.54, 1.807) is 32.0 Å². The molecule has 5 heteroatoms. The molecule has 0 radical (unpaired) electrons. The fourth-order valence-corrected chi connectivity index (χ4v) is 2.07. The first-order valence-corrected chi connectivity index (χ1v) is 6.68. The molecule has 0 atom stereocenters. The predicted molar refractivity (Wildman–Crippen MR) is 77.3 cm³/mol. The molecule has 0 heterocycles. The van der Waals surface area contributed by atoms with E-state index < -0.39 is 5.41 Å². The number of carbonyl (C=O) groups excluding carboxylic acids is 1. The highest BCUT2D eigenvalue weighted by atomic mass is 127. The minimum absolute atomic E-state index is 0.0947. The average Bonchev–Trinajstić information content (AvgIpc) is 2.22. The van der Waals surface area contributed by atoms with Crippen molar-refractivity contribution in [3.8, 4) is 0 Å². The van der Waals surface area contributed by atoms with Crippen molar-refractivity contribution < 1.29 is 4.79 Å². The van der Waals surface area contributed by atoms with Gasteiger partial charge in [-0.3, -0.25) is 4.79 Å². The van der Waals surface area contributed by atoms with Crippen molar-refractivity contribution in [2.45, 2.75) is 13.8 Å². The Morgan fingerprint density at radius 3 is 2.62 bits per heavy atom. The fraction of sp³-hybridized carbons (Fsp3) is 0.364. The third kappa shape index (κ3) is 3.50. The van der Waals surface area contributed by atoms with Gasteiger partial charge in [-0.25, -0.2) is 0 Å². The van der Waals surface area contributed by atoms with E-state index in [1.165, 1.54) is 0 Å². The zero-order chi connectivity index (χ0) is 12.3. The van der Waals surface area contributed by atoms with Crippen molar-refractivity contribution in [1.29, 1.82) is 0 Å². The minimum Gasteiger partial charge on any atom is -0.325 e. The molecule has 0 aromatic heterocycles. The summed E-state index contributed by atoms with van der Waals surface area (Å²) in [7, 11) is 0. The van der Waals surface area contributed by atoms with Crippen LogP contribution >= 0.6 is 45.8 Å². The molecule has 2 nitrogen and oxygen atoms in total. The van der Waals surface area contributed by atoms with Crippen LogP contribution in [0.15, 0.2) is 18.2 Å². The molecule has 16 heavy (non-hydrogen) atoms. The summed E-state index contributed by atoms with van der Waals surface area (Å²) >= 11 is 13.7. The van der Waals surface area contributed by atoms with Gasteiger partial charge in [-0.05, 0) is 54.6 Å². The second-order valence-electron chi connectivity index (χ2n) is 4.10. The first-order chi connectivity index (χ1) is 7.36. The van der Waals surface area contributed by atoms with E-state index in [1.807, 2.05) is 0 Å². The number of rotatable bonds is 3. The highest BCUT2D eigenvalue weighted by molar-refractivity contribution is 14.1. The van der Waals surface area contributed by atoms with Gasteiger partial charge in [0.25, 0.3) is 0 Å².